The second-order valence-corrected chi connectivity index (χ2v) is 4.66. The van der Waals surface area contributed by atoms with E-state index in [2.05, 4.69) is 6.92 Å². The van der Waals surface area contributed by atoms with Gasteiger partial charge >= 0.3 is 0 Å². The maximum atomic E-state index is 13.9. The minimum atomic E-state index is -0.286. The van der Waals surface area contributed by atoms with E-state index in [9.17, 15) is 9.18 Å². The van der Waals surface area contributed by atoms with Crippen LogP contribution in [0.25, 0.3) is 0 Å². The number of halogens is 1. The smallest absolute Gasteiger partial charge is 0.152 e. The molecule has 2 nitrogen and oxygen atoms in total. The lowest BCUT2D eigenvalue weighted by Crippen LogP contribution is -2.36. The van der Waals surface area contributed by atoms with Crippen molar-refractivity contribution in [2.24, 2.45) is 5.92 Å². The van der Waals surface area contributed by atoms with Crippen LogP contribution in [0.1, 0.15) is 36.5 Å². The van der Waals surface area contributed by atoms with Crippen LogP contribution < -0.4 is 4.90 Å². The molecule has 0 radical (unpaired) electrons. The first-order valence-electron chi connectivity index (χ1n) is 6.25. The van der Waals surface area contributed by atoms with Crippen LogP contribution >= 0.6 is 0 Å². The maximum Gasteiger partial charge on any atom is 0.152 e. The summed E-state index contributed by atoms with van der Waals surface area (Å²) in [5.41, 5.74) is 0.947. The van der Waals surface area contributed by atoms with Gasteiger partial charge in [0.05, 0.1) is 5.69 Å². The molecule has 2 rings (SSSR count). The zero-order chi connectivity index (χ0) is 12.3. The lowest BCUT2D eigenvalue weighted by Gasteiger charge is -2.34. The van der Waals surface area contributed by atoms with Gasteiger partial charge in [0.25, 0.3) is 0 Å². The molecule has 1 fully saturated rings. The Labute approximate surface area is 101 Å². The van der Waals surface area contributed by atoms with Gasteiger partial charge in [-0.3, -0.25) is 4.79 Å². The van der Waals surface area contributed by atoms with Crippen LogP contribution in [0.2, 0.25) is 0 Å². The predicted octanol–water partition coefficient (Wildman–Crippen LogP) is 3.26. The number of carbonyl (C=O) groups is 1. The van der Waals surface area contributed by atoms with E-state index in [1.54, 1.807) is 12.1 Å². The highest BCUT2D eigenvalue weighted by Crippen LogP contribution is 2.29. The van der Waals surface area contributed by atoms with Gasteiger partial charge in [-0.25, -0.2) is 4.39 Å². The second-order valence-electron chi connectivity index (χ2n) is 4.66. The number of hydrogen-bond donors (Lipinski definition) is 0. The van der Waals surface area contributed by atoms with Crippen LogP contribution in [0, 0.1) is 11.7 Å². The minimum Gasteiger partial charge on any atom is -0.368 e. The SMILES string of the molecule is CCC1CCCN(c2c(F)cccc2C=O)C1. The summed E-state index contributed by atoms with van der Waals surface area (Å²) in [6, 6.07) is 4.70. The number of hydrogen-bond acceptors (Lipinski definition) is 2. The number of para-hydroxylation sites is 1. The Hall–Kier alpha value is -1.38. The van der Waals surface area contributed by atoms with Crippen molar-refractivity contribution in [2.75, 3.05) is 18.0 Å². The number of nitrogens with zero attached hydrogens (tertiary/aromatic N) is 1. The Morgan fingerprint density at radius 3 is 3.06 bits per heavy atom. The van der Waals surface area contributed by atoms with Gasteiger partial charge in [-0.2, -0.15) is 0 Å². The normalized spacial score (nSPS) is 20.4. The molecule has 1 heterocycles. The average molecular weight is 235 g/mol. The van der Waals surface area contributed by atoms with Crippen LogP contribution in [-0.2, 0) is 0 Å². The van der Waals surface area contributed by atoms with Crippen LogP contribution in [0.3, 0.4) is 0 Å². The summed E-state index contributed by atoms with van der Waals surface area (Å²) >= 11 is 0. The summed E-state index contributed by atoms with van der Waals surface area (Å²) in [5, 5.41) is 0. The van der Waals surface area contributed by atoms with Crippen molar-refractivity contribution in [3.8, 4) is 0 Å². The quantitative estimate of drug-likeness (QED) is 0.749. The van der Waals surface area contributed by atoms with Crippen LogP contribution in [-0.4, -0.2) is 19.4 Å². The number of benzene rings is 1. The number of anilines is 1. The van der Waals surface area contributed by atoms with Crippen LogP contribution in [0.15, 0.2) is 18.2 Å². The van der Waals surface area contributed by atoms with Crippen molar-refractivity contribution in [1.82, 2.24) is 0 Å². The molecular formula is C14H18FNO. The highest BCUT2D eigenvalue weighted by molar-refractivity contribution is 5.84. The van der Waals surface area contributed by atoms with E-state index in [-0.39, 0.29) is 5.82 Å². The summed E-state index contributed by atoms with van der Waals surface area (Å²) in [6.07, 6.45) is 4.14. The molecule has 0 aromatic heterocycles. The summed E-state index contributed by atoms with van der Waals surface area (Å²) in [4.78, 5) is 13.0. The molecule has 0 saturated carbocycles. The molecule has 92 valence electrons. The molecule has 17 heavy (non-hydrogen) atoms. The summed E-state index contributed by atoms with van der Waals surface area (Å²) in [7, 11) is 0. The van der Waals surface area contributed by atoms with E-state index < -0.39 is 0 Å². The van der Waals surface area contributed by atoms with Gasteiger partial charge in [0.15, 0.2) is 6.29 Å². The lowest BCUT2D eigenvalue weighted by atomic mass is 9.94. The van der Waals surface area contributed by atoms with Crippen molar-refractivity contribution in [1.29, 1.82) is 0 Å². The Kier molecular flexibility index (Phi) is 3.77. The fourth-order valence-corrected chi connectivity index (χ4v) is 2.56. The van der Waals surface area contributed by atoms with Crippen molar-refractivity contribution >= 4 is 12.0 Å². The largest absolute Gasteiger partial charge is 0.368 e. The zero-order valence-corrected chi connectivity index (χ0v) is 10.2. The fourth-order valence-electron chi connectivity index (χ4n) is 2.56. The molecule has 1 atom stereocenters. The first-order chi connectivity index (χ1) is 8.26. The second kappa shape index (κ2) is 5.30. The first-order valence-corrected chi connectivity index (χ1v) is 6.25. The molecule has 1 aromatic carbocycles. The molecule has 1 aliphatic heterocycles. The van der Waals surface area contributed by atoms with E-state index >= 15 is 0 Å². The molecular weight excluding hydrogens is 217 g/mol. The van der Waals surface area contributed by atoms with Gasteiger partial charge in [0.2, 0.25) is 0 Å². The molecule has 1 saturated heterocycles. The molecule has 0 aliphatic carbocycles. The van der Waals surface area contributed by atoms with Gasteiger partial charge in [-0.15, -0.1) is 0 Å². The highest BCUT2D eigenvalue weighted by atomic mass is 19.1. The Balaban J connectivity index is 2.29. The van der Waals surface area contributed by atoms with Crippen LogP contribution in [0.4, 0.5) is 10.1 Å². The first kappa shape index (κ1) is 12.1. The Bertz CT molecular complexity index is 405. The third-order valence-corrected chi connectivity index (χ3v) is 3.56. The molecule has 0 spiro atoms. The molecule has 1 aliphatic rings. The lowest BCUT2D eigenvalue weighted by molar-refractivity contribution is 0.112. The van der Waals surface area contributed by atoms with Gasteiger partial charge < -0.3 is 4.90 Å². The van der Waals surface area contributed by atoms with E-state index in [4.69, 9.17) is 0 Å². The van der Waals surface area contributed by atoms with Crippen molar-refractivity contribution < 1.29 is 9.18 Å². The van der Waals surface area contributed by atoms with Crippen molar-refractivity contribution in [2.45, 2.75) is 26.2 Å². The van der Waals surface area contributed by atoms with Crippen LogP contribution in [0.5, 0.6) is 0 Å². The Morgan fingerprint density at radius 1 is 1.53 bits per heavy atom. The average Bonchev–Trinajstić information content (AvgIpc) is 2.38. The standard InChI is InChI=1S/C14H18FNO/c1-2-11-5-4-8-16(9-11)14-12(10-17)6-3-7-13(14)15/h3,6-7,10-11H,2,4-5,8-9H2,1H3. The van der Waals surface area contributed by atoms with Gasteiger partial charge in [-0.05, 0) is 30.9 Å². The molecule has 3 heteroatoms. The van der Waals surface area contributed by atoms with Gasteiger partial charge in [0.1, 0.15) is 5.82 Å². The number of rotatable bonds is 3. The number of aldehydes is 1. The fraction of sp³-hybridized carbons (Fsp3) is 0.500. The van der Waals surface area contributed by atoms with Gasteiger partial charge in [0, 0.05) is 18.7 Å². The number of piperidine rings is 1. The predicted molar refractivity (Wildman–Crippen MR) is 67.0 cm³/mol. The van der Waals surface area contributed by atoms with E-state index in [0.29, 0.717) is 17.2 Å². The minimum absolute atomic E-state index is 0.286. The summed E-state index contributed by atoms with van der Waals surface area (Å²) in [6.45, 7) is 3.87. The topological polar surface area (TPSA) is 20.3 Å². The van der Waals surface area contributed by atoms with Crippen molar-refractivity contribution in [3.63, 3.8) is 0 Å². The van der Waals surface area contributed by atoms with E-state index in [1.807, 2.05) is 4.90 Å². The molecule has 1 unspecified atom stereocenters. The molecule has 1 aromatic rings. The Morgan fingerprint density at radius 2 is 2.35 bits per heavy atom. The monoisotopic (exact) mass is 235 g/mol. The molecule has 0 N–H and O–H groups in total. The third-order valence-electron chi connectivity index (χ3n) is 3.56. The van der Waals surface area contributed by atoms with E-state index in [1.165, 1.54) is 12.5 Å². The zero-order valence-electron chi connectivity index (χ0n) is 10.2. The molecule has 0 amide bonds. The number of carbonyl (C=O) groups excluding carboxylic acids is 1. The van der Waals surface area contributed by atoms with Gasteiger partial charge in [-0.1, -0.05) is 19.4 Å². The molecule has 0 bridgehead atoms. The highest BCUT2D eigenvalue weighted by Gasteiger charge is 2.22. The summed E-state index contributed by atoms with van der Waals surface area (Å²) < 4.78 is 13.9. The maximum absolute atomic E-state index is 13.9. The van der Waals surface area contributed by atoms with E-state index in [0.717, 1.165) is 32.2 Å². The third kappa shape index (κ3) is 2.48. The summed E-state index contributed by atoms with van der Waals surface area (Å²) in [5.74, 6) is 0.328. The van der Waals surface area contributed by atoms with Crippen molar-refractivity contribution in [3.05, 3.63) is 29.6 Å².